The Morgan fingerprint density at radius 2 is 2.05 bits per heavy atom. The Morgan fingerprint density at radius 3 is 2.68 bits per heavy atom. The van der Waals surface area contributed by atoms with Crippen molar-refractivity contribution in [1.29, 1.82) is 0 Å². The van der Waals surface area contributed by atoms with Gasteiger partial charge < -0.3 is 14.9 Å². The van der Waals surface area contributed by atoms with Gasteiger partial charge in [-0.25, -0.2) is 4.39 Å². The van der Waals surface area contributed by atoms with E-state index in [1.807, 2.05) is 18.4 Å². The quantitative estimate of drug-likeness (QED) is 0.396. The van der Waals surface area contributed by atoms with Crippen molar-refractivity contribution < 1.29 is 14.1 Å². The van der Waals surface area contributed by atoms with E-state index in [1.54, 1.807) is 12.1 Å². The van der Waals surface area contributed by atoms with Crippen LogP contribution in [0.5, 0.6) is 5.75 Å². The summed E-state index contributed by atoms with van der Waals surface area (Å²) < 4.78 is 20.8. The fraction of sp³-hybridized carbons (Fsp3) is 0.143. The molecular weight excluding hydrogens is 309 g/mol. The van der Waals surface area contributed by atoms with Crippen LogP contribution >= 0.6 is 11.5 Å². The SMILES string of the molecule is CN(C)[SH]=COc1ccc(-c2ccccc2F)nc1[N+](=O)[O-]. The first kappa shape index (κ1) is 16.1. The van der Waals surface area contributed by atoms with Crippen LogP contribution in [0, 0.1) is 15.9 Å². The number of thiol groups is 1. The van der Waals surface area contributed by atoms with Crippen molar-refractivity contribution in [3.05, 3.63) is 52.3 Å². The number of halogens is 1. The van der Waals surface area contributed by atoms with Crippen molar-refractivity contribution in [2.75, 3.05) is 14.1 Å². The Kier molecular flexibility index (Phi) is 5.18. The Bertz CT molecular complexity index is 722. The van der Waals surface area contributed by atoms with Crippen molar-refractivity contribution in [1.82, 2.24) is 9.29 Å². The average Bonchev–Trinajstić information content (AvgIpc) is 2.47. The molecule has 0 spiro atoms. The van der Waals surface area contributed by atoms with E-state index in [1.165, 1.54) is 29.8 Å². The number of ether oxygens (including phenoxy) is 1. The molecule has 6 nitrogen and oxygen atoms in total. The van der Waals surface area contributed by atoms with Crippen LogP contribution in [-0.4, -0.2) is 33.9 Å². The number of pyridine rings is 1. The topological polar surface area (TPSA) is 68.5 Å². The number of aromatic nitrogens is 1. The largest absolute Gasteiger partial charge is 0.449 e. The molecule has 1 aromatic carbocycles. The monoisotopic (exact) mass is 323 g/mol. The van der Waals surface area contributed by atoms with Gasteiger partial charge in [0, 0.05) is 0 Å². The van der Waals surface area contributed by atoms with Crippen LogP contribution < -0.4 is 4.74 Å². The minimum absolute atomic E-state index is 0.0134. The molecule has 0 radical (unpaired) electrons. The highest BCUT2D eigenvalue weighted by atomic mass is 32.1. The zero-order valence-corrected chi connectivity index (χ0v) is 12.8. The van der Waals surface area contributed by atoms with Gasteiger partial charge in [-0.05, 0) is 48.3 Å². The van der Waals surface area contributed by atoms with Crippen molar-refractivity contribution in [3.63, 3.8) is 0 Å². The fourth-order valence-electron chi connectivity index (χ4n) is 1.65. The zero-order chi connectivity index (χ0) is 16.1. The summed E-state index contributed by atoms with van der Waals surface area (Å²) in [6.07, 6.45) is 0. The molecule has 0 aliphatic carbocycles. The number of nitro groups is 1. The minimum Gasteiger partial charge on any atom is -0.449 e. The van der Waals surface area contributed by atoms with Gasteiger partial charge in [0.15, 0.2) is 5.69 Å². The van der Waals surface area contributed by atoms with Crippen LogP contribution in [0.15, 0.2) is 36.4 Å². The second kappa shape index (κ2) is 7.10. The highest BCUT2D eigenvalue weighted by Gasteiger charge is 2.21. The van der Waals surface area contributed by atoms with Gasteiger partial charge in [0.05, 0.1) is 5.56 Å². The Labute approximate surface area is 130 Å². The lowest BCUT2D eigenvalue weighted by Crippen LogP contribution is -2.02. The lowest BCUT2D eigenvalue weighted by atomic mass is 10.1. The van der Waals surface area contributed by atoms with E-state index < -0.39 is 16.6 Å². The predicted molar refractivity (Wildman–Crippen MR) is 85.7 cm³/mol. The Hall–Kier alpha value is -2.32. The molecule has 116 valence electrons. The molecule has 0 unspecified atom stereocenters. The maximum absolute atomic E-state index is 13.7. The van der Waals surface area contributed by atoms with Gasteiger partial charge in [0.2, 0.25) is 5.75 Å². The third-order valence-corrected chi connectivity index (χ3v) is 3.28. The van der Waals surface area contributed by atoms with Crippen LogP contribution in [0.4, 0.5) is 10.2 Å². The fourth-order valence-corrected chi connectivity index (χ4v) is 2.00. The molecule has 0 amide bonds. The first-order valence-corrected chi connectivity index (χ1v) is 7.17. The summed E-state index contributed by atoms with van der Waals surface area (Å²) in [4.78, 5) is 14.4. The Morgan fingerprint density at radius 1 is 1.32 bits per heavy atom. The Balaban J connectivity index is 2.39. The molecule has 2 rings (SSSR count). The van der Waals surface area contributed by atoms with Crippen LogP contribution in [0.1, 0.15) is 0 Å². The van der Waals surface area contributed by atoms with Crippen molar-refractivity contribution in [3.8, 4) is 17.0 Å². The highest BCUT2D eigenvalue weighted by Crippen LogP contribution is 2.29. The zero-order valence-electron chi connectivity index (χ0n) is 11.9. The van der Waals surface area contributed by atoms with E-state index in [0.29, 0.717) is 0 Å². The molecule has 0 saturated carbocycles. The summed E-state index contributed by atoms with van der Waals surface area (Å²) in [6.45, 7) is 0. The van der Waals surface area contributed by atoms with Gasteiger partial charge in [-0.3, -0.25) is 4.31 Å². The molecule has 2 aromatic rings. The normalized spacial score (nSPS) is 11.5. The summed E-state index contributed by atoms with van der Waals surface area (Å²) in [5.41, 5.74) is 1.79. The molecular formula is C14H14FN3O3S. The number of rotatable bonds is 5. The average molecular weight is 323 g/mol. The van der Waals surface area contributed by atoms with E-state index >= 15 is 0 Å². The van der Waals surface area contributed by atoms with Gasteiger partial charge in [-0.15, -0.1) is 0 Å². The maximum Gasteiger partial charge on any atom is 0.407 e. The first-order chi connectivity index (χ1) is 10.5. The van der Waals surface area contributed by atoms with Crippen molar-refractivity contribution >= 4 is 22.9 Å². The summed E-state index contributed by atoms with van der Waals surface area (Å²) >= 11 is 0.737. The molecule has 0 aliphatic rings. The van der Waals surface area contributed by atoms with Gasteiger partial charge in [-0.1, -0.05) is 23.7 Å². The summed E-state index contributed by atoms with van der Waals surface area (Å²) in [6, 6.07) is 8.87. The molecule has 0 fully saturated rings. The number of hydrogen-bond acceptors (Lipinski definition) is 5. The highest BCUT2D eigenvalue weighted by molar-refractivity contribution is 7.95. The second-order valence-corrected chi connectivity index (χ2v) is 5.68. The smallest absolute Gasteiger partial charge is 0.407 e. The second-order valence-electron chi connectivity index (χ2n) is 4.44. The van der Waals surface area contributed by atoms with Crippen LogP contribution in [0.25, 0.3) is 11.3 Å². The van der Waals surface area contributed by atoms with E-state index in [9.17, 15) is 14.5 Å². The molecule has 0 atom stereocenters. The van der Waals surface area contributed by atoms with Gasteiger partial charge in [0.25, 0.3) is 0 Å². The van der Waals surface area contributed by atoms with E-state index in [2.05, 4.69) is 4.98 Å². The molecule has 0 bridgehead atoms. The molecule has 1 aromatic heterocycles. The molecule has 0 aliphatic heterocycles. The van der Waals surface area contributed by atoms with Gasteiger partial charge in [-0.2, -0.15) is 0 Å². The van der Waals surface area contributed by atoms with Gasteiger partial charge in [0.1, 0.15) is 11.4 Å². The standard InChI is InChI=1S/C14H14FN3O3S/c1-17(2)22-9-21-13-8-7-12(16-14(13)18(19)20)10-5-3-4-6-11(10)15/h3-9,22H,1-2H3. The third-order valence-electron chi connectivity index (χ3n) is 2.62. The lowest BCUT2D eigenvalue weighted by Gasteiger charge is -2.05. The number of benzene rings is 1. The van der Waals surface area contributed by atoms with E-state index in [4.69, 9.17) is 4.74 Å². The summed E-state index contributed by atoms with van der Waals surface area (Å²) in [5.74, 6) is -0.930. The molecule has 0 saturated heterocycles. The number of nitrogens with zero attached hydrogens (tertiary/aromatic N) is 3. The summed E-state index contributed by atoms with van der Waals surface area (Å²) in [5, 5.41) is 11.1. The third kappa shape index (κ3) is 3.86. The van der Waals surface area contributed by atoms with Crippen molar-refractivity contribution in [2.45, 2.75) is 0 Å². The predicted octanol–water partition coefficient (Wildman–Crippen LogP) is 2.88. The van der Waals surface area contributed by atoms with E-state index in [0.717, 1.165) is 11.5 Å². The summed E-state index contributed by atoms with van der Waals surface area (Å²) in [7, 11) is 3.66. The maximum atomic E-state index is 13.7. The molecule has 22 heavy (non-hydrogen) atoms. The van der Waals surface area contributed by atoms with Crippen molar-refractivity contribution in [2.24, 2.45) is 0 Å². The molecule has 0 N–H and O–H groups in total. The number of hydrogen-bond donors (Lipinski definition) is 1. The molecule has 8 heteroatoms. The van der Waals surface area contributed by atoms with Crippen LogP contribution in [0.2, 0.25) is 0 Å². The first-order valence-electron chi connectivity index (χ1n) is 6.26. The minimum atomic E-state index is -0.653. The molecule has 1 heterocycles. The van der Waals surface area contributed by atoms with E-state index in [-0.39, 0.29) is 17.0 Å². The van der Waals surface area contributed by atoms with Crippen LogP contribution in [-0.2, 0) is 0 Å². The van der Waals surface area contributed by atoms with Gasteiger partial charge >= 0.3 is 5.82 Å². The lowest BCUT2D eigenvalue weighted by molar-refractivity contribution is -0.390. The van der Waals surface area contributed by atoms with Crippen LogP contribution in [0.3, 0.4) is 0 Å².